The van der Waals surface area contributed by atoms with Crippen LogP contribution in [0.15, 0.2) is 16.6 Å². The highest BCUT2D eigenvalue weighted by Crippen LogP contribution is 2.39. The van der Waals surface area contributed by atoms with Gasteiger partial charge in [0.15, 0.2) is 11.5 Å². The molecule has 0 spiro atoms. The van der Waals surface area contributed by atoms with Crippen molar-refractivity contribution >= 4 is 21.8 Å². The van der Waals surface area contributed by atoms with Gasteiger partial charge in [-0.2, -0.15) is 0 Å². The highest BCUT2D eigenvalue weighted by atomic mass is 79.9. The van der Waals surface area contributed by atoms with E-state index in [1.165, 1.54) is 0 Å². The molecule has 0 bridgehead atoms. The van der Waals surface area contributed by atoms with Gasteiger partial charge in [-0.15, -0.1) is 0 Å². The Morgan fingerprint density at radius 3 is 2.89 bits per heavy atom. The number of amides is 1. The maximum Gasteiger partial charge on any atom is 0.237 e. The number of carbonyl (C=O) groups is 1. The first-order valence-corrected chi connectivity index (χ1v) is 6.32. The molecule has 1 aromatic carbocycles. The van der Waals surface area contributed by atoms with Gasteiger partial charge in [-0.3, -0.25) is 10.1 Å². The van der Waals surface area contributed by atoms with E-state index in [-0.39, 0.29) is 12.7 Å². The molecular formula is C12H15BrN2O3. The summed E-state index contributed by atoms with van der Waals surface area (Å²) in [7, 11) is 0. The summed E-state index contributed by atoms with van der Waals surface area (Å²) in [5.41, 5.74) is 5.54. The molecule has 0 saturated heterocycles. The van der Waals surface area contributed by atoms with Gasteiger partial charge in [0.2, 0.25) is 12.7 Å². The average Bonchev–Trinajstić information content (AvgIpc) is 2.75. The lowest BCUT2D eigenvalue weighted by Crippen LogP contribution is -2.50. The van der Waals surface area contributed by atoms with E-state index in [2.05, 4.69) is 21.2 Å². The largest absolute Gasteiger partial charge is 0.454 e. The van der Waals surface area contributed by atoms with Crippen molar-refractivity contribution in [2.45, 2.75) is 25.9 Å². The number of nitrogens with two attached hydrogens (primary N) is 1. The summed E-state index contributed by atoms with van der Waals surface area (Å²) < 4.78 is 11.5. The van der Waals surface area contributed by atoms with E-state index in [0.29, 0.717) is 18.0 Å². The Labute approximate surface area is 114 Å². The highest BCUT2D eigenvalue weighted by Gasteiger charge is 2.24. The SMILES string of the molecule is CC(C)(NCc1cc(Br)c2c(c1)OCO2)C(N)=O. The van der Waals surface area contributed by atoms with Crippen molar-refractivity contribution in [1.29, 1.82) is 0 Å². The molecule has 1 aromatic rings. The third-order valence-electron chi connectivity index (χ3n) is 2.84. The van der Waals surface area contributed by atoms with Crippen LogP contribution in [0, 0.1) is 0 Å². The van der Waals surface area contributed by atoms with Crippen molar-refractivity contribution < 1.29 is 14.3 Å². The molecule has 1 aliphatic heterocycles. The second-order valence-electron chi connectivity index (χ2n) is 4.65. The number of hydrogen-bond acceptors (Lipinski definition) is 4. The van der Waals surface area contributed by atoms with Crippen LogP contribution in [0.5, 0.6) is 11.5 Å². The summed E-state index contributed by atoms with van der Waals surface area (Å²) >= 11 is 3.42. The smallest absolute Gasteiger partial charge is 0.237 e. The van der Waals surface area contributed by atoms with Gasteiger partial charge in [0.1, 0.15) is 0 Å². The fraction of sp³-hybridized carbons (Fsp3) is 0.417. The maximum absolute atomic E-state index is 11.2. The minimum atomic E-state index is -0.747. The molecule has 0 saturated carbocycles. The summed E-state index contributed by atoms with van der Waals surface area (Å²) in [4.78, 5) is 11.2. The van der Waals surface area contributed by atoms with Crippen LogP contribution >= 0.6 is 15.9 Å². The first-order chi connectivity index (χ1) is 8.40. The molecule has 1 aliphatic rings. The molecule has 0 unspecified atom stereocenters. The van der Waals surface area contributed by atoms with Gasteiger partial charge < -0.3 is 15.2 Å². The molecule has 1 amide bonds. The van der Waals surface area contributed by atoms with Gasteiger partial charge in [0.05, 0.1) is 10.0 Å². The lowest BCUT2D eigenvalue weighted by Gasteiger charge is -2.22. The summed E-state index contributed by atoms with van der Waals surface area (Å²) in [5.74, 6) is 1.04. The topological polar surface area (TPSA) is 73.6 Å². The Morgan fingerprint density at radius 1 is 1.50 bits per heavy atom. The van der Waals surface area contributed by atoms with Gasteiger partial charge in [-0.25, -0.2) is 0 Å². The fourth-order valence-corrected chi connectivity index (χ4v) is 2.14. The number of halogens is 1. The van der Waals surface area contributed by atoms with E-state index in [1.807, 2.05) is 12.1 Å². The molecule has 6 heteroatoms. The maximum atomic E-state index is 11.2. The van der Waals surface area contributed by atoms with Crippen LogP contribution in [0.1, 0.15) is 19.4 Å². The van der Waals surface area contributed by atoms with Crippen molar-refractivity contribution in [2.75, 3.05) is 6.79 Å². The van der Waals surface area contributed by atoms with E-state index in [4.69, 9.17) is 15.2 Å². The second kappa shape index (κ2) is 4.78. The zero-order valence-corrected chi connectivity index (χ0v) is 11.8. The number of fused-ring (bicyclic) bond motifs is 1. The number of hydrogen-bond donors (Lipinski definition) is 2. The molecule has 5 nitrogen and oxygen atoms in total. The standard InChI is InChI=1S/C12H15BrN2O3/c1-12(2,11(14)16)15-5-7-3-8(13)10-9(4-7)17-6-18-10/h3-4,15H,5-6H2,1-2H3,(H2,14,16). The average molecular weight is 315 g/mol. The molecule has 0 fully saturated rings. The Balaban J connectivity index is 2.12. The van der Waals surface area contributed by atoms with E-state index in [1.54, 1.807) is 13.8 Å². The number of benzene rings is 1. The molecule has 18 heavy (non-hydrogen) atoms. The predicted molar refractivity (Wildman–Crippen MR) is 70.4 cm³/mol. The van der Waals surface area contributed by atoms with Gasteiger partial charge in [0.25, 0.3) is 0 Å². The zero-order chi connectivity index (χ0) is 13.3. The second-order valence-corrected chi connectivity index (χ2v) is 5.51. The van der Waals surface area contributed by atoms with Gasteiger partial charge in [0, 0.05) is 6.54 Å². The number of rotatable bonds is 4. The third kappa shape index (κ3) is 2.59. The van der Waals surface area contributed by atoms with Crippen LogP contribution in [-0.2, 0) is 11.3 Å². The van der Waals surface area contributed by atoms with Crippen LogP contribution in [-0.4, -0.2) is 18.2 Å². The predicted octanol–water partition coefficient (Wildman–Crippen LogP) is 1.53. The highest BCUT2D eigenvalue weighted by molar-refractivity contribution is 9.10. The molecule has 2 rings (SSSR count). The molecule has 1 heterocycles. The summed E-state index contributed by atoms with van der Waals surface area (Å²) in [6, 6.07) is 3.81. The Hall–Kier alpha value is -1.27. The van der Waals surface area contributed by atoms with E-state index in [9.17, 15) is 4.79 Å². The lowest BCUT2D eigenvalue weighted by molar-refractivity contribution is -0.123. The van der Waals surface area contributed by atoms with Crippen LogP contribution in [0.25, 0.3) is 0 Å². The minimum Gasteiger partial charge on any atom is -0.454 e. The molecular weight excluding hydrogens is 300 g/mol. The van der Waals surface area contributed by atoms with Crippen molar-refractivity contribution in [3.63, 3.8) is 0 Å². The van der Waals surface area contributed by atoms with Crippen molar-refractivity contribution in [3.8, 4) is 11.5 Å². The summed E-state index contributed by atoms with van der Waals surface area (Å²) in [5, 5.41) is 3.10. The summed E-state index contributed by atoms with van der Waals surface area (Å²) in [6.07, 6.45) is 0. The summed E-state index contributed by atoms with van der Waals surface area (Å²) in [6.45, 7) is 4.25. The first kappa shape index (κ1) is 13.2. The fourth-order valence-electron chi connectivity index (χ4n) is 1.53. The molecule has 0 atom stereocenters. The van der Waals surface area contributed by atoms with Crippen LogP contribution in [0.4, 0.5) is 0 Å². The first-order valence-electron chi connectivity index (χ1n) is 5.53. The van der Waals surface area contributed by atoms with E-state index >= 15 is 0 Å². The quantitative estimate of drug-likeness (QED) is 0.884. The van der Waals surface area contributed by atoms with Crippen molar-refractivity contribution in [3.05, 3.63) is 22.2 Å². The monoisotopic (exact) mass is 314 g/mol. The van der Waals surface area contributed by atoms with Crippen LogP contribution in [0.3, 0.4) is 0 Å². The molecule has 98 valence electrons. The molecule has 3 N–H and O–H groups in total. The van der Waals surface area contributed by atoms with Crippen LogP contribution < -0.4 is 20.5 Å². The Bertz CT molecular complexity index is 488. The number of nitrogens with one attached hydrogen (secondary N) is 1. The molecule has 0 aromatic heterocycles. The number of carbonyl (C=O) groups excluding carboxylic acids is 1. The van der Waals surface area contributed by atoms with Gasteiger partial charge >= 0.3 is 0 Å². The molecule has 0 radical (unpaired) electrons. The zero-order valence-electron chi connectivity index (χ0n) is 10.2. The van der Waals surface area contributed by atoms with Gasteiger partial charge in [-0.05, 0) is 47.5 Å². The normalized spacial score (nSPS) is 13.7. The Kier molecular flexibility index (Phi) is 3.49. The van der Waals surface area contributed by atoms with E-state index < -0.39 is 5.54 Å². The van der Waals surface area contributed by atoms with E-state index in [0.717, 1.165) is 10.0 Å². The van der Waals surface area contributed by atoms with Gasteiger partial charge in [-0.1, -0.05) is 0 Å². The lowest BCUT2D eigenvalue weighted by atomic mass is 10.0. The minimum absolute atomic E-state index is 0.234. The number of primary amides is 1. The molecule has 0 aliphatic carbocycles. The Morgan fingerprint density at radius 2 is 2.22 bits per heavy atom. The number of ether oxygens (including phenoxy) is 2. The third-order valence-corrected chi connectivity index (χ3v) is 3.43. The van der Waals surface area contributed by atoms with Crippen molar-refractivity contribution in [1.82, 2.24) is 5.32 Å². The van der Waals surface area contributed by atoms with Crippen molar-refractivity contribution in [2.24, 2.45) is 5.73 Å². The van der Waals surface area contributed by atoms with Crippen LogP contribution in [0.2, 0.25) is 0 Å².